The van der Waals surface area contributed by atoms with Crippen molar-refractivity contribution in [1.82, 2.24) is 5.32 Å². The van der Waals surface area contributed by atoms with Crippen LogP contribution in [0.5, 0.6) is 0 Å². The van der Waals surface area contributed by atoms with Crippen molar-refractivity contribution in [1.29, 1.82) is 0 Å². The van der Waals surface area contributed by atoms with Gasteiger partial charge in [0.1, 0.15) is 0 Å². The molecule has 0 spiro atoms. The molecule has 0 aliphatic heterocycles. The zero-order valence-electron chi connectivity index (χ0n) is 10.9. The molecule has 3 nitrogen and oxygen atoms in total. The number of benzene rings is 1. The molecule has 0 radical (unpaired) electrons. The second kappa shape index (κ2) is 7.12. The quantitative estimate of drug-likeness (QED) is 0.889. The predicted octanol–water partition coefficient (Wildman–Crippen LogP) is 2.96. The van der Waals surface area contributed by atoms with E-state index < -0.39 is 11.6 Å². The van der Waals surface area contributed by atoms with E-state index in [9.17, 15) is 4.79 Å². The minimum Gasteiger partial charge on any atom is -0.346 e. The Morgan fingerprint density at radius 1 is 1.39 bits per heavy atom. The molecule has 1 rings (SSSR count). The van der Waals surface area contributed by atoms with Crippen molar-refractivity contribution >= 4 is 34.2 Å². The highest BCUT2D eigenvalue weighted by Gasteiger charge is 2.24. The highest BCUT2D eigenvalue weighted by atomic mass is 79.9. The fraction of sp³-hybridized carbons (Fsp3) is 0.462. The van der Waals surface area contributed by atoms with Crippen molar-refractivity contribution in [3.05, 3.63) is 34.3 Å². The van der Waals surface area contributed by atoms with Gasteiger partial charge in [-0.1, -0.05) is 35.0 Å². The molecule has 3 N–H and O–H groups in total. The molecule has 5 heteroatoms. The molecule has 0 aliphatic rings. The van der Waals surface area contributed by atoms with Crippen LogP contribution in [0, 0.1) is 0 Å². The van der Waals surface area contributed by atoms with Crippen molar-refractivity contribution in [3.63, 3.8) is 0 Å². The summed E-state index contributed by atoms with van der Waals surface area (Å²) in [6, 6.07) is 7.46. The number of halogens is 2. The van der Waals surface area contributed by atoms with Gasteiger partial charge in [-0.2, -0.15) is 0 Å². The standard InChI is InChI=1S/C13H19BrN2O.ClH/c1-4-11(15)12(17)16-13(2,3)9-5-7-10(14)8-6-9;/h5-8,11H,4,15H2,1-3H3,(H,16,17);1H/t11-;/m0./s1. The number of hydrogen-bond acceptors (Lipinski definition) is 2. The third-order valence-electron chi connectivity index (χ3n) is 2.78. The van der Waals surface area contributed by atoms with E-state index in [-0.39, 0.29) is 18.3 Å². The highest BCUT2D eigenvalue weighted by Crippen LogP contribution is 2.22. The average Bonchev–Trinajstić information content (AvgIpc) is 2.27. The van der Waals surface area contributed by atoms with E-state index in [1.165, 1.54) is 0 Å². The Balaban J connectivity index is 0.00000289. The van der Waals surface area contributed by atoms with Crippen molar-refractivity contribution in [3.8, 4) is 0 Å². The average molecular weight is 336 g/mol. The predicted molar refractivity (Wildman–Crippen MR) is 80.8 cm³/mol. The van der Waals surface area contributed by atoms with Crippen LogP contribution < -0.4 is 11.1 Å². The number of amides is 1. The van der Waals surface area contributed by atoms with Gasteiger partial charge in [-0.15, -0.1) is 12.4 Å². The molecule has 0 unspecified atom stereocenters. The first-order valence-electron chi connectivity index (χ1n) is 5.70. The molecule has 1 amide bonds. The summed E-state index contributed by atoms with van der Waals surface area (Å²) >= 11 is 3.39. The minimum absolute atomic E-state index is 0. The van der Waals surface area contributed by atoms with Crippen LogP contribution in [0.15, 0.2) is 28.7 Å². The number of carbonyl (C=O) groups excluding carboxylic acids is 1. The van der Waals surface area contributed by atoms with Gasteiger partial charge in [0.25, 0.3) is 0 Å². The maximum atomic E-state index is 11.8. The largest absolute Gasteiger partial charge is 0.346 e. The zero-order chi connectivity index (χ0) is 13.1. The Hall–Kier alpha value is -0.580. The summed E-state index contributed by atoms with van der Waals surface area (Å²) in [5, 5.41) is 2.96. The molecule has 0 aromatic heterocycles. The van der Waals surface area contributed by atoms with Crippen LogP contribution in [-0.4, -0.2) is 11.9 Å². The van der Waals surface area contributed by atoms with E-state index in [4.69, 9.17) is 5.73 Å². The Kier molecular flexibility index (Phi) is 6.89. The number of rotatable bonds is 4. The lowest BCUT2D eigenvalue weighted by Crippen LogP contribution is -2.48. The first kappa shape index (κ1) is 17.4. The SMILES string of the molecule is CC[C@H](N)C(=O)NC(C)(C)c1ccc(Br)cc1.Cl. The molecular weight excluding hydrogens is 316 g/mol. The van der Waals surface area contributed by atoms with Gasteiger partial charge in [0, 0.05) is 4.47 Å². The van der Waals surface area contributed by atoms with Crippen molar-refractivity contribution in [2.45, 2.75) is 38.8 Å². The summed E-state index contributed by atoms with van der Waals surface area (Å²) < 4.78 is 1.02. The topological polar surface area (TPSA) is 55.1 Å². The van der Waals surface area contributed by atoms with E-state index in [0.29, 0.717) is 6.42 Å². The van der Waals surface area contributed by atoms with Gasteiger partial charge in [-0.25, -0.2) is 0 Å². The van der Waals surface area contributed by atoms with Crippen LogP contribution in [0.4, 0.5) is 0 Å². The molecule has 0 saturated heterocycles. The van der Waals surface area contributed by atoms with E-state index in [1.807, 2.05) is 45.0 Å². The lowest BCUT2D eigenvalue weighted by molar-refractivity contribution is -0.124. The molecular formula is C13H20BrClN2O. The van der Waals surface area contributed by atoms with E-state index >= 15 is 0 Å². The van der Waals surface area contributed by atoms with Crippen LogP contribution in [0.25, 0.3) is 0 Å². The molecule has 102 valence electrons. The fourth-order valence-corrected chi connectivity index (χ4v) is 1.79. The minimum atomic E-state index is -0.440. The molecule has 0 bridgehead atoms. The van der Waals surface area contributed by atoms with Gasteiger partial charge in [0.15, 0.2) is 0 Å². The Labute approximate surface area is 123 Å². The number of nitrogens with two attached hydrogens (primary N) is 1. The van der Waals surface area contributed by atoms with Gasteiger partial charge in [-0.05, 0) is 38.0 Å². The molecule has 1 aromatic carbocycles. The summed E-state index contributed by atoms with van der Waals surface area (Å²) in [5.41, 5.74) is 6.35. The Morgan fingerprint density at radius 3 is 2.33 bits per heavy atom. The van der Waals surface area contributed by atoms with Gasteiger partial charge in [0.2, 0.25) is 5.91 Å². The number of carbonyl (C=O) groups is 1. The lowest BCUT2D eigenvalue weighted by atomic mass is 9.94. The first-order valence-corrected chi connectivity index (χ1v) is 6.49. The smallest absolute Gasteiger partial charge is 0.237 e. The Bertz CT molecular complexity index is 392. The van der Waals surface area contributed by atoms with Gasteiger partial charge in [-0.3, -0.25) is 4.79 Å². The fourth-order valence-electron chi connectivity index (χ4n) is 1.52. The van der Waals surface area contributed by atoms with Crippen molar-refractivity contribution < 1.29 is 4.79 Å². The van der Waals surface area contributed by atoms with Crippen LogP contribution in [0.2, 0.25) is 0 Å². The zero-order valence-corrected chi connectivity index (χ0v) is 13.3. The van der Waals surface area contributed by atoms with Gasteiger partial charge < -0.3 is 11.1 Å². The maximum Gasteiger partial charge on any atom is 0.237 e. The van der Waals surface area contributed by atoms with Crippen LogP contribution >= 0.6 is 28.3 Å². The van der Waals surface area contributed by atoms with E-state index in [2.05, 4.69) is 21.2 Å². The maximum absolute atomic E-state index is 11.8. The molecule has 18 heavy (non-hydrogen) atoms. The number of nitrogens with one attached hydrogen (secondary N) is 1. The van der Waals surface area contributed by atoms with Crippen LogP contribution in [-0.2, 0) is 10.3 Å². The van der Waals surface area contributed by atoms with Crippen LogP contribution in [0.1, 0.15) is 32.8 Å². The highest BCUT2D eigenvalue weighted by molar-refractivity contribution is 9.10. The molecule has 0 fully saturated rings. The van der Waals surface area contributed by atoms with Gasteiger partial charge >= 0.3 is 0 Å². The molecule has 0 aliphatic carbocycles. The first-order chi connectivity index (χ1) is 7.86. The third-order valence-corrected chi connectivity index (χ3v) is 3.31. The number of hydrogen-bond donors (Lipinski definition) is 2. The van der Waals surface area contributed by atoms with Crippen LogP contribution in [0.3, 0.4) is 0 Å². The third kappa shape index (κ3) is 4.59. The van der Waals surface area contributed by atoms with Crippen molar-refractivity contribution in [2.24, 2.45) is 5.73 Å². The second-order valence-electron chi connectivity index (χ2n) is 4.64. The molecule has 0 heterocycles. The summed E-state index contributed by atoms with van der Waals surface area (Å²) in [4.78, 5) is 11.8. The Morgan fingerprint density at radius 2 is 1.89 bits per heavy atom. The summed E-state index contributed by atoms with van der Waals surface area (Å²) in [6.07, 6.45) is 0.641. The summed E-state index contributed by atoms with van der Waals surface area (Å²) in [7, 11) is 0. The van der Waals surface area contributed by atoms with Crippen molar-refractivity contribution in [2.75, 3.05) is 0 Å². The monoisotopic (exact) mass is 334 g/mol. The van der Waals surface area contributed by atoms with E-state index in [1.54, 1.807) is 0 Å². The molecule has 1 atom stereocenters. The summed E-state index contributed by atoms with van der Waals surface area (Å²) in [6.45, 7) is 5.84. The second-order valence-corrected chi connectivity index (χ2v) is 5.55. The van der Waals surface area contributed by atoms with Gasteiger partial charge in [0.05, 0.1) is 11.6 Å². The van der Waals surface area contributed by atoms with E-state index in [0.717, 1.165) is 10.0 Å². The molecule has 0 saturated carbocycles. The lowest BCUT2D eigenvalue weighted by Gasteiger charge is -2.28. The molecule has 1 aromatic rings. The summed E-state index contributed by atoms with van der Waals surface area (Å²) in [5.74, 6) is -0.111. The normalized spacial score (nSPS) is 12.5.